The molecule has 10 heteroatoms. The Morgan fingerprint density at radius 2 is 2.00 bits per heavy atom. The van der Waals surface area contributed by atoms with Crippen LogP contribution in [0.3, 0.4) is 0 Å². The van der Waals surface area contributed by atoms with Crippen LogP contribution in [0.4, 0.5) is 0 Å². The number of aryl methyl sites for hydroxylation is 1. The third-order valence-corrected chi connectivity index (χ3v) is 4.46. The van der Waals surface area contributed by atoms with Crippen molar-refractivity contribution < 1.29 is 14.6 Å². The van der Waals surface area contributed by atoms with Gasteiger partial charge in [-0.15, -0.1) is 0 Å². The number of ether oxygens (including phenoxy) is 2. The number of benzene rings is 1. The highest BCUT2D eigenvalue weighted by molar-refractivity contribution is 9.10. The Morgan fingerprint density at radius 1 is 1.31 bits per heavy atom. The second kappa shape index (κ2) is 7.34. The number of aromatic nitrogens is 4. The Morgan fingerprint density at radius 3 is 2.69 bits per heavy atom. The van der Waals surface area contributed by atoms with Crippen molar-refractivity contribution in [2.75, 3.05) is 13.7 Å². The molecule has 0 amide bonds. The second-order valence-corrected chi connectivity index (χ2v) is 6.31. The molecule has 0 spiro atoms. The molecule has 9 nitrogen and oxygen atoms in total. The summed E-state index contributed by atoms with van der Waals surface area (Å²) in [5.41, 5.74) is -0.711. The summed E-state index contributed by atoms with van der Waals surface area (Å²) >= 11 is 3.26. The number of rotatable bonds is 6. The number of hydrogen-bond acceptors (Lipinski definition) is 6. The fourth-order valence-electron chi connectivity index (χ4n) is 2.56. The van der Waals surface area contributed by atoms with E-state index in [9.17, 15) is 14.7 Å². The molecule has 0 bridgehead atoms. The molecule has 0 fully saturated rings. The zero-order chi connectivity index (χ0) is 18.8. The Balaban J connectivity index is 1.83. The summed E-state index contributed by atoms with van der Waals surface area (Å²) in [5, 5.41) is 10.3. The number of methoxy groups -OCH3 is 1. The Kier molecular flexibility index (Phi) is 5.14. The van der Waals surface area contributed by atoms with E-state index >= 15 is 0 Å². The van der Waals surface area contributed by atoms with Crippen molar-refractivity contribution in [3.8, 4) is 11.5 Å². The number of halogens is 1. The zero-order valence-electron chi connectivity index (χ0n) is 14.1. The standard InChI is InChI=1S/C16H17BrN4O5/c1-20-13-12(14(23)19-16(20)24)21(15(17)18-13)7-9(22)8-26-11-6-4-3-5-10(11)25-2/h3-6,9,22H,7-8H2,1-2H3,(H,19,23,24)/t9-/m0/s1. The maximum atomic E-state index is 12.2. The van der Waals surface area contributed by atoms with Crippen molar-refractivity contribution in [1.82, 2.24) is 19.1 Å². The van der Waals surface area contributed by atoms with Gasteiger partial charge in [0.15, 0.2) is 27.4 Å². The van der Waals surface area contributed by atoms with E-state index in [2.05, 4.69) is 25.9 Å². The summed E-state index contributed by atoms with van der Waals surface area (Å²) in [7, 11) is 3.04. The summed E-state index contributed by atoms with van der Waals surface area (Å²) in [6.07, 6.45) is -0.926. The molecule has 26 heavy (non-hydrogen) atoms. The van der Waals surface area contributed by atoms with Gasteiger partial charge in [0.2, 0.25) is 0 Å². The maximum absolute atomic E-state index is 12.2. The molecule has 0 saturated heterocycles. The quantitative estimate of drug-likeness (QED) is 0.561. The molecule has 138 valence electrons. The molecular formula is C16H17BrN4O5. The van der Waals surface area contributed by atoms with Crippen LogP contribution in [0.1, 0.15) is 0 Å². The third-order valence-electron chi connectivity index (χ3n) is 3.85. The summed E-state index contributed by atoms with van der Waals surface area (Å²) < 4.78 is 13.8. The molecule has 3 rings (SSSR count). The molecule has 2 N–H and O–H groups in total. The highest BCUT2D eigenvalue weighted by Crippen LogP contribution is 2.26. The summed E-state index contributed by atoms with van der Waals surface area (Å²) in [5.74, 6) is 1.06. The van der Waals surface area contributed by atoms with Crippen LogP contribution in [0.15, 0.2) is 38.6 Å². The lowest BCUT2D eigenvalue weighted by molar-refractivity contribution is 0.0913. The van der Waals surface area contributed by atoms with Gasteiger partial charge in [-0.05, 0) is 28.1 Å². The minimum atomic E-state index is -0.926. The number of nitrogens with zero attached hydrogens (tertiary/aromatic N) is 3. The minimum Gasteiger partial charge on any atom is -0.493 e. The molecule has 1 atom stereocenters. The van der Waals surface area contributed by atoms with Crippen LogP contribution in [0.5, 0.6) is 11.5 Å². The van der Waals surface area contributed by atoms with Crippen LogP contribution in [-0.4, -0.2) is 44.0 Å². The van der Waals surface area contributed by atoms with Gasteiger partial charge in [0.1, 0.15) is 12.7 Å². The predicted molar refractivity (Wildman–Crippen MR) is 97.8 cm³/mol. The van der Waals surface area contributed by atoms with Crippen LogP contribution in [0.25, 0.3) is 11.2 Å². The number of imidazole rings is 1. The SMILES string of the molecule is COc1ccccc1OC[C@@H](O)Cn1c(Br)nc2c1c(=O)[nH]c(=O)n2C. The lowest BCUT2D eigenvalue weighted by atomic mass is 10.3. The van der Waals surface area contributed by atoms with Gasteiger partial charge in [-0.1, -0.05) is 12.1 Å². The number of hydrogen-bond donors (Lipinski definition) is 2. The molecular weight excluding hydrogens is 408 g/mol. The van der Waals surface area contributed by atoms with Crippen molar-refractivity contribution in [3.05, 3.63) is 49.8 Å². The normalized spacial score (nSPS) is 12.3. The van der Waals surface area contributed by atoms with Gasteiger partial charge in [-0.2, -0.15) is 0 Å². The number of para-hydroxylation sites is 2. The maximum Gasteiger partial charge on any atom is 0.329 e. The van der Waals surface area contributed by atoms with Crippen molar-refractivity contribution in [1.29, 1.82) is 0 Å². The molecule has 0 aliphatic carbocycles. The monoisotopic (exact) mass is 424 g/mol. The first kappa shape index (κ1) is 18.2. The Labute approximate surface area is 155 Å². The van der Waals surface area contributed by atoms with Crippen LogP contribution >= 0.6 is 15.9 Å². The summed E-state index contributed by atoms with van der Waals surface area (Å²) in [6.45, 7) is 0.0314. The lowest BCUT2D eigenvalue weighted by Gasteiger charge is -2.15. The largest absolute Gasteiger partial charge is 0.493 e. The van der Waals surface area contributed by atoms with E-state index in [1.54, 1.807) is 18.2 Å². The number of nitrogens with one attached hydrogen (secondary N) is 1. The number of aliphatic hydroxyl groups excluding tert-OH is 1. The van der Waals surface area contributed by atoms with Crippen molar-refractivity contribution in [2.24, 2.45) is 7.05 Å². The highest BCUT2D eigenvalue weighted by atomic mass is 79.9. The molecule has 3 aromatic rings. The van der Waals surface area contributed by atoms with Gasteiger partial charge < -0.3 is 19.1 Å². The zero-order valence-corrected chi connectivity index (χ0v) is 15.7. The molecule has 2 aromatic heterocycles. The fourth-order valence-corrected chi connectivity index (χ4v) is 3.05. The van der Waals surface area contributed by atoms with Crippen molar-refractivity contribution in [3.63, 3.8) is 0 Å². The van der Waals surface area contributed by atoms with Gasteiger partial charge in [0.05, 0.1) is 13.7 Å². The second-order valence-electron chi connectivity index (χ2n) is 5.60. The first-order chi connectivity index (χ1) is 12.4. The number of fused-ring (bicyclic) bond motifs is 1. The van der Waals surface area contributed by atoms with E-state index in [-0.39, 0.29) is 24.3 Å². The third kappa shape index (κ3) is 3.37. The Bertz CT molecular complexity index is 1050. The summed E-state index contributed by atoms with van der Waals surface area (Å²) in [6, 6.07) is 7.09. The van der Waals surface area contributed by atoms with Crippen LogP contribution in [0.2, 0.25) is 0 Å². The predicted octanol–water partition coefficient (Wildman–Crippen LogP) is 0.634. The molecule has 0 aliphatic rings. The minimum absolute atomic E-state index is 0.0177. The molecule has 0 aliphatic heterocycles. The lowest BCUT2D eigenvalue weighted by Crippen LogP contribution is -2.30. The topological polar surface area (TPSA) is 111 Å². The molecule has 1 aromatic carbocycles. The van der Waals surface area contributed by atoms with Crippen molar-refractivity contribution >= 4 is 27.1 Å². The average Bonchev–Trinajstić information content (AvgIpc) is 2.95. The first-order valence-corrected chi connectivity index (χ1v) is 8.50. The molecule has 0 unspecified atom stereocenters. The van der Waals surface area contributed by atoms with Gasteiger partial charge in [-0.25, -0.2) is 9.78 Å². The van der Waals surface area contributed by atoms with Gasteiger partial charge in [0.25, 0.3) is 5.56 Å². The van der Waals surface area contributed by atoms with E-state index in [0.717, 1.165) is 0 Å². The molecule has 2 heterocycles. The summed E-state index contributed by atoms with van der Waals surface area (Å²) in [4.78, 5) is 30.2. The number of H-pyrrole nitrogens is 1. The van der Waals surface area contributed by atoms with E-state index in [1.807, 2.05) is 6.07 Å². The van der Waals surface area contributed by atoms with E-state index in [4.69, 9.17) is 9.47 Å². The van der Waals surface area contributed by atoms with Gasteiger partial charge >= 0.3 is 5.69 Å². The van der Waals surface area contributed by atoms with Gasteiger partial charge in [-0.3, -0.25) is 14.3 Å². The van der Waals surface area contributed by atoms with Crippen molar-refractivity contribution in [2.45, 2.75) is 12.6 Å². The average molecular weight is 425 g/mol. The van der Waals surface area contributed by atoms with E-state index in [1.165, 1.54) is 23.3 Å². The highest BCUT2D eigenvalue weighted by Gasteiger charge is 2.18. The van der Waals surface area contributed by atoms with Crippen LogP contribution in [0, 0.1) is 0 Å². The molecule has 0 saturated carbocycles. The number of aromatic amines is 1. The first-order valence-electron chi connectivity index (χ1n) is 7.71. The van der Waals surface area contributed by atoms with Gasteiger partial charge in [0, 0.05) is 7.05 Å². The number of aliphatic hydroxyl groups is 1. The smallest absolute Gasteiger partial charge is 0.329 e. The van der Waals surface area contributed by atoms with Crippen LogP contribution < -0.4 is 20.7 Å². The van der Waals surface area contributed by atoms with Crippen LogP contribution in [-0.2, 0) is 13.6 Å². The van der Waals surface area contributed by atoms with E-state index < -0.39 is 17.4 Å². The molecule has 0 radical (unpaired) electrons. The fraction of sp³-hybridized carbons (Fsp3) is 0.312. The van der Waals surface area contributed by atoms with E-state index in [0.29, 0.717) is 16.2 Å². The Hall–Kier alpha value is -2.59.